The number of aromatic nitrogens is 3. The van der Waals surface area contributed by atoms with Gasteiger partial charge in [-0.2, -0.15) is 5.26 Å². The maximum Gasteiger partial charge on any atom is 0.133 e. The Hall–Kier alpha value is -1.99. The van der Waals surface area contributed by atoms with Crippen molar-refractivity contribution in [2.24, 2.45) is 0 Å². The summed E-state index contributed by atoms with van der Waals surface area (Å²) in [5.74, 6) is 1.23. The van der Waals surface area contributed by atoms with Gasteiger partial charge in [0.15, 0.2) is 0 Å². The van der Waals surface area contributed by atoms with E-state index in [0.29, 0.717) is 16.6 Å². The van der Waals surface area contributed by atoms with Crippen LogP contribution in [-0.2, 0) is 0 Å². The molecule has 2 aromatic heterocycles. The number of rotatable bonds is 2. The van der Waals surface area contributed by atoms with E-state index in [1.54, 1.807) is 18.3 Å². The van der Waals surface area contributed by atoms with Crippen molar-refractivity contribution in [3.63, 3.8) is 0 Å². The van der Waals surface area contributed by atoms with Gasteiger partial charge in [0.05, 0.1) is 11.3 Å². The van der Waals surface area contributed by atoms with E-state index in [9.17, 15) is 0 Å². The highest BCUT2D eigenvalue weighted by Crippen LogP contribution is 2.39. The van der Waals surface area contributed by atoms with Gasteiger partial charge < -0.3 is 0 Å². The summed E-state index contributed by atoms with van der Waals surface area (Å²) in [4.78, 5) is 12.8. The molecule has 1 aliphatic carbocycles. The van der Waals surface area contributed by atoms with Crippen LogP contribution in [0.5, 0.6) is 0 Å². The third kappa shape index (κ3) is 2.18. The fraction of sp³-hybridized carbons (Fsp3) is 0.231. The first kappa shape index (κ1) is 11.1. The molecule has 0 unspecified atom stereocenters. The number of hydrogen-bond acceptors (Lipinski definition) is 4. The molecule has 5 heteroatoms. The van der Waals surface area contributed by atoms with Crippen LogP contribution in [0.4, 0.5) is 0 Å². The van der Waals surface area contributed by atoms with Crippen LogP contribution in [0.15, 0.2) is 24.5 Å². The molecule has 3 rings (SSSR count). The Morgan fingerprint density at radius 3 is 2.78 bits per heavy atom. The lowest BCUT2D eigenvalue weighted by Gasteiger charge is -2.04. The number of nitrogens with zero attached hydrogens (tertiary/aromatic N) is 4. The third-order valence-corrected chi connectivity index (χ3v) is 3.01. The zero-order valence-corrected chi connectivity index (χ0v) is 10.2. The van der Waals surface area contributed by atoms with Gasteiger partial charge in [-0.15, -0.1) is 0 Å². The average molecular weight is 257 g/mol. The maximum atomic E-state index is 8.87. The molecule has 1 fully saturated rings. The first-order valence-electron chi connectivity index (χ1n) is 5.66. The first-order valence-corrected chi connectivity index (χ1v) is 6.04. The largest absolute Gasteiger partial charge is 0.263 e. The van der Waals surface area contributed by atoms with Gasteiger partial charge in [0.2, 0.25) is 0 Å². The van der Waals surface area contributed by atoms with Gasteiger partial charge in [-0.05, 0) is 18.9 Å². The number of pyridine rings is 1. The standard InChI is InChI=1S/C13H9ClN4/c14-12-4-11(17-13(18-12)9-1-2-9)10-3-8(5-15)6-16-7-10/h3-4,6-7,9H,1-2H2. The van der Waals surface area contributed by atoms with Gasteiger partial charge in [-0.3, -0.25) is 4.98 Å². The maximum absolute atomic E-state index is 8.87. The van der Waals surface area contributed by atoms with Crippen LogP contribution < -0.4 is 0 Å². The van der Waals surface area contributed by atoms with Gasteiger partial charge in [-0.1, -0.05) is 11.6 Å². The Labute approximate surface area is 109 Å². The fourth-order valence-corrected chi connectivity index (χ4v) is 1.94. The molecule has 2 aromatic rings. The summed E-state index contributed by atoms with van der Waals surface area (Å²) < 4.78 is 0. The topological polar surface area (TPSA) is 62.5 Å². The number of nitriles is 1. The molecule has 88 valence electrons. The molecule has 2 heterocycles. The van der Waals surface area contributed by atoms with Crippen molar-refractivity contribution in [2.45, 2.75) is 18.8 Å². The second kappa shape index (κ2) is 4.35. The van der Waals surface area contributed by atoms with Crippen LogP contribution in [0.1, 0.15) is 30.1 Å². The second-order valence-corrected chi connectivity index (χ2v) is 4.67. The van der Waals surface area contributed by atoms with Crippen molar-refractivity contribution in [3.05, 3.63) is 41.1 Å². The van der Waals surface area contributed by atoms with Crippen molar-refractivity contribution >= 4 is 11.6 Å². The normalized spacial score (nSPS) is 14.2. The molecule has 0 amide bonds. The smallest absolute Gasteiger partial charge is 0.133 e. The van der Waals surface area contributed by atoms with E-state index in [1.807, 2.05) is 0 Å². The molecule has 18 heavy (non-hydrogen) atoms. The second-order valence-electron chi connectivity index (χ2n) is 4.28. The van der Waals surface area contributed by atoms with Crippen molar-refractivity contribution in [3.8, 4) is 17.3 Å². The van der Waals surface area contributed by atoms with Gasteiger partial charge in [0.1, 0.15) is 17.0 Å². The zero-order valence-electron chi connectivity index (χ0n) is 9.47. The predicted octanol–water partition coefficient (Wildman–Crippen LogP) is 2.94. The molecule has 0 aliphatic heterocycles. The van der Waals surface area contributed by atoms with Gasteiger partial charge in [0, 0.05) is 29.9 Å². The summed E-state index contributed by atoms with van der Waals surface area (Å²) in [7, 11) is 0. The number of hydrogen-bond donors (Lipinski definition) is 0. The van der Waals surface area contributed by atoms with E-state index in [-0.39, 0.29) is 0 Å². The molecule has 1 saturated carbocycles. The molecule has 0 spiro atoms. The summed E-state index contributed by atoms with van der Waals surface area (Å²) >= 11 is 6.01. The lowest BCUT2D eigenvalue weighted by Crippen LogP contribution is -1.96. The SMILES string of the molecule is N#Cc1cncc(-c2cc(Cl)nc(C3CC3)n2)c1. The molecule has 4 nitrogen and oxygen atoms in total. The highest BCUT2D eigenvalue weighted by Gasteiger charge is 2.27. The summed E-state index contributed by atoms with van der Waals surface area (Å²) in [6, 6.07) is 5.51. The molecular formula is C13H9ClN4. The molecule has 0 N–H and O–H groups in total. The predicted molar refractivity (Wildman–Crippen MR) is 67.0 cm³/mol. The molecule has 0 bridgehead atoms. The summed E-state index contributed by atoms with van der Waals surface area (Å²) in [5, 5.41) is 9.30. The molecule has 0 atom stereocenters. The summed E-state index contributed by atoms with van der Waals surface area (Å²) in [6.45, 7) is 0. The van der Waals surface area contributed by atoms with Crippen molar-refractivity contribution in [1.29, 1.82) is 5.26 Å². The van der Waals surface area contributed by atoms with E-state index in [0.717, 1.165) is 29.9 Å². The number of halogens is 1. The Kier molecular flexibility index (Phi) is 2.69. The van der Waals surface area contributed by atoms with Crippen LogP contribution in [0.2, 0.25) is 5.15 Å². The molecular weight excluding hydrogens is 248 g/mol. The average Bonchev–Trinajstić information content (AvgIpc) is 3.22. The van der Waals surface area contributed by atoms with Crippen LogP contribution >= 0.6 is 11.6 Å². The Morgan fingerprint density at radius 1 is 1.22 bits per heavy atom. The van der Waals surface area contributed by atoms with E-state index in [1.165, 1.54) is 6.20 Å². The highest BCUT2D eigenvalue weighted by molar-refractivity contribution is 6.29. The van der Waals surface area contributed by atoms with Crippen LogP contribution in [0, 0.1) is 11.3 Å². The molecule has 0 saturated heterocycles. The van der Waals surface area contributed by atoms with Gasteiger partial charge in [0.25, 0.3) is 0 Å². The van der Waals surface area contributed by atoms with E-state index in [2.05, 4.69) is 21.0 Å². The minimum Gasteiger partial charge on any atom is -0.263 e. The summed E-state index contributed by atoms with van der Waals surface area (Å²) in [5.41, 5.74) is 2.02. The Bertz CT molecular complexity index is 644. The van der Waals surface area contributed by atoms with E-state index >= 15 is 0 Å². The monoisotopic (exact) mass is 256 g/mol. The quantitative estimate of drug-likeness (QED) is 0.775. The first-order chi connectivity index (χ1) is 8.76. The lowest BCUT2D eigenvalue weighted by atomic mass is 10.1. The van der Waals surface area contributed by atoms with Gasteiger partial charge >= 0.3 is 0 Å². The Balaban J connectivity index is 2.07. The van der Waals surface area contributed by atoms with Crippen LogP contribution in [0.3, 0.4) is 0 Å². The molecule has 1 aliphatic rings. The van der Waals surface area contributed by atoms with E-state index < -0.39 is 0 Å². The molecule has 0 radical (unpaired) electrons. The highest BCUT2D eigenvalue weighted by atomic mass is 35.5. The van der Waals surface area contributed by atoms with Crippen molar-refractivity contribution < 1.29 is 0 Å². The van der Waals surface area contributed by atoms with Crippen molar-refractivity contribution in [2.75, 3.05) is 0 Å². The minimum absolute atomic E-state index is 0.435. The third-order valence-electron chi connectivity index (χ3n) is 2.82. The van der Waals surface area contributed by atoms with E-state index in [4.69, 9.17) is 16.9 Å². The Morgan fingerprint density at radius 2 is 2.06 bits per heavy atom. The zero-order chi connectivity index (χ0) is 12.5. The van der Waals surface area contributed by atoms with Crippen LogP contribution in [0.25, 0.3) is 11.3 Å². The fourth-order valence-electron chi connectivity index (χ4n) is 1.75. The minimum atomic E-state index is 0.435. The van der Waals surface area contributed by atoms with Crippen LogP contribution in [-0.4, -0.2) is 15.0 Å². The van der Waals surface area contributed by atoms with Crippen molar-refractivity contribution in [1.82, 2.24) is 15.0 Å². The van der Waals surface area contributed by atoms with Gasteiger partial charge in [-0.25, -0.2) is 9.97 Å². The lowest BCUT2D eigenvalue weighted by molar-refractivity contribution is 0.930. The summed E-state index contributed by atoms with van der Waals surface area (Å²) in [6.07, 6.45) is 5.44. The molecule has 0 aromatic carbocycles.